The van der Waals surface area contributed by atoms with E-state index in [9.17, 15) is 4.79 Å². The predicted octanol–water partition coefficient (Wildman–Crippen LogP) is 2.37. The summed E-state index contributed by atoms with van der Waals surface area (Å²) in [7, 11) is 1.57. The van der Waals surface area contributed by atoms with Crippen LogP contribution in [-0.4, -0.2) is 26.2 Å². The molecule has 0 aliphatic heterocycles. The summed E-state index contributed by atoms with van der Waals surface area (Å²) in [5, 5.41) is 3.30. The Morgan fingerprint density at radius 2 is 2.20 bits per heavy atom. The van der Waals surface area contributed by atoms with Crippen LogP contribution in [0.1, 0.15) is 10.4 Å². The van der Waals surface area contributed by atoms with Gasteiger partial charge in [-0.05, 0) is 12.1 Å². The van der Waals surface area contributed by atoms with E-state index in [2.05, 4.69) is 5.32 Å². The molecule has 1 N–H and O–H groups in total. The molecule has 5 heteroatoms. The van der Waals surface area contributed by atoms with Crippen LogP contribution in [0.4, 0.5) is 0 Å². The van der Waals surface area contributed by atoms with Gasteiger partial charge in [0.2, 0.25) is 0 Å². The van der Waals surface area contributed by atoms with E-state index in [1.54, 1.807) is 25.3 Å². The summed E-state index contributed by atoms with van der Waals surface area (Å²) in [4.78, 5) is 11.6. The number of rotatable bonds is 4. The van der Waals surface area contributed by atoms with E-state index in [0.29, 0.717) is 23.7 Å². The third kappa shape index (κ3) is 3.38. The predicted molar refractivity (Wildman–Crippen MR) is 60.7 cm³/mol. The Morgan fingerprint density at radius 3 is 2.87 bits per heavy atom. The van der Waals surface area contributed by atoms with Crippen molar-refractivity contribution in [1.82, 2.24) is 5.32 Å². The van der Waals surface area contributed by atoms with Gasteiger partial charge in [-0.1, -0.05) is 29.3 Å². The fraction of sp³-hybridized carbons (Fsp3) is 0.300. The number of carbonyl (C=O) groups is 1. The van der Waals surface area contributed by atoms with Crippen LogP contribution >= 0.6 is 23.2 Å². The van der Waals surface area contributed by atoms with E-state index in [0.717, 1.165) is 0 Å². The maximum Gasteiger partial charge on any atom is 0.252 e. The minimum absolute atomic E-state index is 0.250. The molecule has 0 bridgehead atoms. The first-order chi connectivity index (χ1) is 7.16. The average molecular weight is 248 g/mol. The topological polar surface area (TPSA) is 38.3 Å². The van der Waals surface area contributed by atoms with Crippen LogP contribution < -0.4 is 5.32 Å². The van der Waals surface area contributed by atoms with Gasteiger partial charge in [-0.15, -0.1) is 0 Å². The first kappa shape index (κ1) is 12.3. The van der Waals surface area contributed by atoms with Crippen molar-refractivity contribution in [2.75, 3.05) is 20.3 Å². The fourth-order valence-electron chi connectivity index (χ4n) is 1.04. The largest absolute Gasteiger partial charge is 0.383 e. The van der Waals surface area contributed by atoms with E-state index >= 15 is 0 Å². The van der Waals surface area contributed by atoms with Crippen molar-refractivity contribution in [3.63, 3.8) is 0 Å². The molecule has 3 nitrogen and oxygen atoms in total. The summed E-state index contributed by atoms with van der Waals surface area (Å²) in [5.74, 6) is -0.250. The van der Waals surface area contributed by atoms with Gasteiger partial charge in [0.15, 0.2) is 0 Å². The molecule has 1 rings (SSSR count). The number of methoxy groups -OCH3 is 1. The minimum Gasteiger partial charge on any atom is -0.383 e. The highest BCUT2D eigenvalue weighted by atomic mass is 35.5. The zero-order valence-electron chi connectivity index (χ0n) is 8.22. The van der Waals surface area contributed by atoms with Crippen LogP contribution in [-0.2, 0) is 4.74 Å². The van der Waals surface area contributed by atoms with Gasteiger partial charge in [0, 0.05) is 13.7 Å². The third-order valence-electron chi connectivity index (χ3n) is 1.79. The van der Waals surface area contributed by atoms with Crippen molar-refractivity contribution in [2.45, 2.75) is 0 Å². The van der Waals surface area contributed by atoms with E-state index in [-0.39, 0.29) is 10.9 Å². The summed E-state index contributed by atoms with van der Waals surface area (Å²) in [6, 6.07) is 4.94. The molecule has 0 heterocycles. The van der Waals surface area contributed by atoms with Gasteiger partial charge in [-0.3, -0.25) is 4.79 Å². The number of halogens is 2. The maximum absolute atomic E-state index is 11.6. The number of benzene rings is 1. The standard InChI is InChI=1S/C10H11Cl2NO2/c1-15-6-5-13-10(14)7-3-2-4-8(11)9(7)12/h2-4H,5-6H2,1H3,(H,13,14). The first-order valence-corrected chi connectivity index (χ1v) is 5.13. The Bertz CT molecular complexity index is 355. The summed E-state index contributed by atoms with van der Waals surface area (Å²) < 4.78 is 4.81. The minimum atomic E-state index is -0.250. The second-order valence-electron chi connectivity index (χ2n) is 2.85. The van der Waals surface area contributed by atoms with Gasteiger partial charge < -0.3 is 10.1 Å². The molecule has 1 aromatic carbocycles. The molecule has 0 radical (unpaired) electrons. The second kappa shape index (κ2) is 5.95. The smallest absolute Gasteiger partial charge is 0.252 e. The molecule has 0 saturated heterocycles. The zero-order chi connectivity index (χ0) is 11.3. The zero-order valence-corrected chi connectivity index (χ0v) is 9.73. The fourth-order valence-corrected chi connectivity index (χ4v) is 1.43. The summed E-state index contributed by atoms with van der Waals surface area (Å²) in [6.07, 6.45) is 0. The van der Waals surface area contributed by atoms with Gasteiger partial charge >= 0.3 is 0 Å². The lowest BCUT2D eigenvalue weighted by Crippen LogP contribution is -2.27. The van der Waals surface area contributed by atoms with Gasteiger partial charge in [0.1, 0.15) is 0 Å². The first-order valence-electron chi connectivity index (χ1n) is 4.38. The van der Waals surface area contributed by atoms with Crippen LogP contribution in [0.3, 0.4) is 0 Å². The van der Waals surface area contributed by atoms with Crippen molar-refractivity contribution >= 4 is 29.1 Å². The molecule has 0 atom stereocenters. The van der Waals surface area contributed by atoms with E-state index in [1.807, 2.05) is 0 Å². The Kier molecular flexibility index (Phi) is 4.88. The monoisotopic (exact) mass is 247 g/mol. The van der Waals surface area contributed by atoms with Crippen molar-refractivity contribution in [1.29, 1.82) is 0 Å². The molecule has 0 unspecified atom stereocenters. The van der Waals surface area contributed by atoms with Crippen molar-refractivity contribution in [2.24, 2.45) is 0 Å². The normalized spacial score (nSPS) is 10.1. The van der Waals surface area contributed by atoms with Gasteiger partial charge in [0.05, 0.1) is 22.2 Å². The van der Waals surface area contributed by atoms with Gasteiger partial charge in [-0.25, -0.2) is 0 Å². The highest BCUT2D eigenvalue weighted by molar-refractivity contribution is 6.43. The molecule has 0 aliphatic rings. The lowest BCUT2D eigenvalue weighted by atomic mass is 10.2. The quantitative estimate of drug-likeness (QED) is 0.830. The molecule has 0 aliphatic carbocycles. The Morgan fingerprint density at radius 1 is 1.47 bits per heavy atom. The number of hydrogen-bond acceptors (Lipinski definition) is 2. The molecule has 0 spiro atoms. The summed E-state index contributed by atoms with van der Waals surface area (Å²) >= 11 is 11.7. The SMILES string of the molecule is COCCNC(=O)c1cccc(Cl)c1Cl. The average Bonchev–Trinajstić information content (AvgIpc) is 2.22. The molecule has 82 valence electrons. The number of amides is 1. The van der Waals surface area contributed by atoms with Crippen LogP contribution in [0.2, 0.25) is 10.0 Å². The molecular weight excluding hydrogens is 237 g/mol. The lowest BCUT2D eigenvalue weighted by molar-refractivity contribution is 0.0937. The Labute approximate surface area is 98.3 Å². The van der Waals surface area contributed by atoms with Crippen LogP contribution in [0, 0.1) is 0 Å². The molecular formula is C10H11Cl2NO2. The maximum atomic E-state index is 11.6. The summed E-state index contributed by atoms with van der Waals surface area (Å²) in [5.41, 5.74) is 0.375. The molecule has 0 fully saturated rings. The Hall–Kier alpha value is -0.770. The Balaban J connectivity index is 2.69. The van der Waals surface area contributed by atoms with Crippen molar-refractivity contribution in [3.05, 3.63) is 33.8 Å². The highest BCUT2D eigenvalue weighted by Gasteiger charge is 2.11. The second-order valence-corrected chi connectivity index (χ2v) is 3.64. The number of hydrogen-bond donors (Lipinski definition) is 1. The number of carbonyl (C=O) groups excluding carboxylic acids is 1. The van der Waals surface area contributed by atoms with Crippen LogP contribution in [0.5, 0.6) is 0 Å². The third-order valence-corrected chi connectivity index (χ3v) is 2.61. The van der Waals surface area contributed by atoms with E-state index < -0.39 is 0 Å². The van der Waals surface area contributed by atoms with Gasteiger partial charge in [0.25, 0.3) is 5.91 Å². The molecule has 1 aromatic rings. The van der Waals surface area contributed by atoms with Gasteiger partial charge in [-0.2, -0.15) is 0 Å². The number of nitrogens with one attached hydrogen (secondary N) is 1. The van der Waals surface area contributed by atoms with Crippen LogP contribution in [0.25, 0.3) is 0 Å². The lowest BCUT2D eigenvalue weighted by Gasteiger charge is -2.06. The molecule has 0 aromatic heterocycles. The molecule has 15 heavy (non-hydrogen) atoms. The number of ether oxygens (including phenoxy) is 1. The van der Waals surface area contributed by atoms with Crippen molar-refractivity contribution < 1.29 is 9.53 Å². The van der Waals surface area contributed by atoms with Crippen molar-refractivity contribution in [3.8, 4) is 0 Å². The molecule has 0 saturated carbocycles. The van der Waals surface area contributed by atoms with E-state index in [4.69, 9.17) is 27.9 Å². The van der Waals surface area contributed by atoms with Crippen LogP contribution in [0.15, 0.2) is 18.2 Å². The highest BCUT2D eigenvalue weighted by Crippen LogP contribution is 2.25. The molecule has 1 amide bonds. The van der Waals surface area contributed by atoms with E-state index in [1.165, 1.54) is 0 Å². The summed E-state index contributed by atoms with van der Waals surface area (Å²) in [6.45, 7) is 0.905.